The molecule has 0 amide bonds. The lowest BCUT2D eigenvalue weighted by Gasteiger charge is -2.21. The Morgan fingerprint density at radius 3 is 2.04 bits per heavy atom. The predicted octanol–water partition coefficient (Wildman–Crippen LogP) is 13.3. The van der Waals surface area contributed by atoms with E-state index in [9.17, 15) is 0 Å². The molecular formula is C50H30N4S. The van der Waals surface area contributed by atoms with E-state index < -0.39 is 0 Å². The van der Waals surface area contributed by atoms with Crippen molar-refractivity contribution in [1.29, 1.82) is 0 Å². The van der Waals surface area contributed by atoms with Crippen LogP contribution < -0.4 is 0 Å². The molecule has 0 aliphatic carbocycles. The quantitative estimate of drug-likeness (QED) is 0.170. The maximum absolute atomic E-state index is 5.28. The van der Waals surface area contributed by atoms with Crippen molar-refractivity contribution < 1.29 is 0 Å². The first kappa shape index (κ1) is 30.5. The van der Waals surface area contributed by atoms with Crippen molar-refractivity contribution in [3.05, 3.63) is 182 Å². The molecule has 11 aromatic rings. The third-order valence-corrected chi connectivity index (χ3v) is 12.2. The van der Waals surface area contributed by atoms with Crippen LogP contribution in [0.2, 0.25) is 0 Å². The zero-order valence-corrected chi connectivity index (χ0v) is 30.3. The fraction of sp³-hybridized carbons (Fsp3) is 0. The van der Waals surface area contributed by atoms with Crippen molar-refractivity contribution in [3.8, 4) is 45.1 Å². The van der Waals surface area contributed by atoms with Gasteiger partial charge in [0.1, 0.15) is 5.65 Å². The Kier molecular flexibility index (Phi) is 6.53. The van der Waals surface area contributed by atoms with Crippen LogP contribution in [0, 0.1) is 0 Å². The third-order valence-electron chi connectivity index (χ3n) is 11.1. The summed E-state index contributed by atoms with van der Waals surface area (Å²) in [6.45, 7) is 0. The molecule has 0 saturated carbocycles. The summed E-state index contributed by atoms with van der Waals surface area (Å²) in [5, 5.41) is 7.13. The molecule has 55 heavy (non-hydrogen) atoms. The van der Waals surface area contributed by atoms with Crippen LogP contribution in [0.3, 0.4) is 0 Å². The van der Waals surface area contributed by atoms with E-state index in [1.54, 1.807) is 0 Å². The van der Waals surface area contributed by atoms with E-state index in [0.717, 1.165) is 49.9 Å². The Morgan fingerprint density at radius 2 is 1.13 bits per heavy atom. The zero-order valence-electron chi connectivity index (χ0n) is 29.5. The van der Waals surface area contributed by atoms with E-state index in [4.69, 9.17) is 9.97 Å². The molecule has 0 N–H and O–H groups in total. The van der Waals surface area contributed by atoms with Crippen LogP contribution in [-0.4, -0.2) is 19.1 Å². The van der Waals surface area contributed by atoms with Crippen molar-refractivity contribution in [2.75, 3.05) is 0 Å². The summed E-state index contributed by atoms with van der Waals surface area (Å²) in [4.78, 5) is 13.1. The summed E-state index contributed by atoms with van der Waals surface area (Å²) < 4.78 is 4.95. The largest absolute Gasteiger partial charge is 0.295 e. The van der Waals surface area contributed by atoms with Gasteiger partial charge in [-0.3, -0.25) is 9.13 Å². The van der Waals surface area contributed by atoms with Gasteiger partial charge in [0.15, 0.2) is 5.82 Å². The average Bonchev–Trinajstić information content (AvgIpc) is 3.77. The van der Waals surface area contributed by atoms with Gasteiger partial charge in [0.25, 0.3) is 0 Å². The van der Waals surface area contributed by atoms with Crippen molar-refractivity contribution in [1.82, 2.24) is 19.1 Å². The monoisotopic (exact) mass is 718 g/mol. The standard InChI is InChI=1S/C50H30N4S/c1-3-14-32(15-4-1)46-40-28-25-31-13-7-8-20-37(31)47(40)52-49(51-46)35-17-11-16-33(29-35)34-26-27-38-42(30-34)53(36-18-5-2-6-19-36)50-45(38)39-21-12-24-44-48(39)54(50)41-22-9-10-23-43(41)55-44/h1-30H. The summed E-state index contributed by atoms with van der Waals surface area (Å²) in [6.07, 6.45) is 0. The molecule has 4 nitrogen and oxygen atoms in total. The van der Waals surface area contributed by atoms with E-state index >= 15 is 0 Å². The summed E-state index contributed by atoms with van der Waals surface area (Å²) in [5.41, 5.74) is 12.2. The van der Waals surface area contributed by atoms with Crippen molar-refractivity contribution >= 4 is 66.3 Å². The van der Waals surface area contributed by atoms with Crippen molar-refractivity contribution in [2.45, 2.75) is 9.79 Å². The SMILES string of the molecule is c1ccc(-c2nc(-c3cccc(-c4ccc5c6c7cccc8c7n(c6n(-c6ccccc6)c5c4)-c4ccccc4S8)c3)nc3c2ccc2ccccc23)cc1. The zero-order chi connectivity index (χ0) is 36.0. The minimum absolute atomic E-state index is 0.714. The Labute approximate surface area is 321 Å². The first-order valence-corrected chi connectivity index (χ1v) is 19.4. The maximum Gasteiger partial charge on any atom is 0.160 e. The van der Waals surface area contributed by atoms with Crippen LogP contribution in [0.15, 0.2) is 192 Å². The highest BCUT2D eigenvalue weighted by molar-refractivity contribution is 7.99. The maximum atomic E-state index is 5.28. The predicted molar refractivity (Wildman–Crippen MR) is 229 cm³/mol. The van der Waals surface area contributed by atoms with E-state index in [-0.39, 0.29) is 0 Å². The molecule has 0 fully saturated rings. The average molecular weight is 719 g/mol. The molecule has 1 aliphatic heterocycles. The lowest BCUT2D eigenvalue weighted by Crippen LogP contribution is -2.05. The molecule has 1 aliphatic rings. The molecule has 0 radical (unpaired) electrons. The topological polar surface area (TPSA) is 35.6 Å². The van der Waals surface area contributed by atoms with Gasteiger partial charge in [-0.15, -0.1) is 0 Å². The highest BCUT2D eigenvalue weighted by atomic mass is 32.2. The lowest BCUT2D eigenvalue weighted by atomic mass is 9.99. The molecule has 0 spiro atoms. The molecule has 0 unspecified atom stereocenters. The number of benzene rings is 8. The molecule has 12 rings (SSSR count). The van der Waals surface area contributed by atoms with Gasteiger partial charge < -0.3 is 0 Å². The second kappa shape index (κ2) is 11.8. The van der Waals surface area contributed by atoms with E-state index in [1.165, 1.54) is 53.7 Å². The summed E-state index contributed by atoms with van der Waals surface area (Å²) in [7, 11) is 0. The minimum atomic E-state index is 0.714. The summed E-state index contributed by atoms with van der Waals surface area (Å²) >= 11 is 1.86. The van der Waals surface area contributed by atoms with E-state index in [0.29, 0.717) is 5.82 Å². The van der Waals surface area contributed by atoms with Gasteiger partial charge in [0.2, 0.25) is 0 Å². The van der Waals surface area contributed by atoms with Gasteiger partial charge in [0.05, 0.1) is 27.9 Å². The van der Waals surface area contributed by atoms with Crippen LogP contribution in [-0.2, 0) is 0 Å². The first-order chi connectivity index (χ1) is 27.3. The fourth-order valence-corrected chi connectivity index (χ4v) is 9.73. The molecule has 4 heterocycles. The van der Waals surface area contributed by atoms with Gasteiger partial charge in [-0.25, -0.2) is 9.97 Å². The number of fused-ring (bicyclic) bond motifs is 10. The molecule has 0 atom stereocenters. The van der Waals surface area contributed by atoms with Crippen molar-refractivity contribution in [2.24, 2.45) is 0 Å². The third kappa shape index (κ3) is 4.54. The normalized spacial score (nSPS) is 12.3. The van der Waals surface area contributed by atoms with Crippen LogP contribution >= 0.6 is 11.8 Å². The number of hydrogen-bond acceptors (Lipinski definition) is 3. The van der Waals surface area contributed by atoms with E-state index in [1.807, 2.05) is 17.8 Å². The minimum Gasteiger partial charge on any atom is -0.295 e. The highest BCUT2D eigenvalue weighted by Gasteiger charge is 2.28. The summed E-state index contributed by atoms with van der Waals surface area (Å²) in [5.74, 6) is 0.714. The van der Waals surface area contributed by atoms with Gasteiger partial charge >= 0.3 is 0 Å². The number of nitrogens with zero attached hydrogens (tertiary/aromatic N) is 4. The summed E-state index contributed by atoms with van der Waals surface area (Å²) in [6, 6.07) is 65.2. The number of para-hydroxylation sites is 3. The number of hydrogen-bond donors (Lipinski definition) is 0. The van der Waals surface area contributed by atoms with Gasteiger partial charge in [0, 0.05) is 53.5 Å². The molecule has 5 heteroatoms. The van der Waals surface area contributed by atoms with Crippen molar-refractivity contribution in [3.63, 3.8) is 0 Å². The second-order valence-electron chi connectivity index (χ2n) is 14.2. The molecule has 3 aromatic heterocycles. The van der Waals surface area contributed by atoms with Crippen LogP contribution in [0.5, 0.6) is 0 Å². The van der Waals surface area contributed by atoms with Gasteiger partial charge in [-0.2, -0.15) is 0 Å². The van der Waals surface area contributed by atoms with Crippen LogP contribution in [0.4, 0.5) is 0 Å². The molecule has 0 bridgehead atoms. The fourth-order valence-electron chi connectivity index (χ4n) is 8.64. The van der Waals surface area contributed by atoms with Gasteiger partial charge in [-0.05, 0) is 65.0 Å². The molecule has 256 valence electrons. The number of aromatic nitrogens is 4. The molecule has 0 saturated heterocycles. The second-order valence-corrected chi connectivity index (χ2v) is 15.3. The van der Waals surface area contributed by atoms with E-state index in [2.05, 4.69) is 185 Å². The Balaban J connectivity index is 1.09. The Hall–Kier alpha value is -6.95. The number of rotatable bonds is 4. The van der Waals surface area contributed by atoms with Crippen LogP contribution in [0.1, 0.15) is 0 Å². The Bertz CT molecular complexity index is 3340. The van der Waals surface area contributed by atoms with Gasteiger partial charge in [-0.1, -0.05) is 145 Å². The lowest BCUT2D eigenvalue weighted by molar-refractivity contribution is 1.03. The molecular weight excluding hydrogens is 689 g/mol. The molecule has 8 aromatic carbocycles. The Morgan fingerprint density at radius 1 is 0.436 bits per heavy atom. The smallest absolute Gasteiger partial charge is 0.160 e. The van der Waals surface area contributed by atoms with Crippen LogP contribution in [0.25, 0.3) is 99.7 Å². The highest BCUT2D eigenvalue weighted by Crippen LogP contribution is 2.49. The first-order valence-electron chi connectivity index (χ1n) is 18.6.